The molecular weight excluding hydrogens is 220 g/mol. The number of hydrogen-bond donors (Lipinski definition) is 0. The van der Waals surface area contributed by atoms with E-state index in [0.29, 0.717) is 11.8 Å². The number of fused-ring (bicyclic) bond motifs is 1. The predicted molar refractivity (Wildman–Crippen MR) is 68.9 cm³/mol. The largest absolute Gasteiger partial charge is 0.268 e. The highest BCUT2D eigenvalue weighted by Gasteiger charge is 2.12. The first kappa shape index (κ1) is 11.5. The molecular formula is C13H17ClN2. The fourth-order valence-corrected chi connectivity index (χ4v) is 2.35. The molecule has 0 spiro atoms. The summed E-state index contributed by atoms with van der Waals surface area (Å²) < 4.78 is 1.95. The molecule has 0 aliphatic heterocycles. The first-order valence-electron chi connectivity index (χ1n) is 5.72. The van der Waals surface area contributed by atoms with Crippen LogP contribution in [0.5, 0.6) is 0 Å². The second kappa shape index (κ2) is 4.88. The normalized spacial score (nSPS) is 13.2. The topological polar surface area (TPSA) is 17.8 Å². The second-order valence-electron chi connectivity index (χ2n) is 4.22. The molecule has 86 valence electrons. The van der Waals surface area contributed by atoms with Crippen LogP contribution >= 0.6 is 11.6 Å². The van der Waals surface area contributed by atoms with Crippen LogP contribution < -0.4 is 0 Å². The predicted octanol–water partition coefficient (Wildman–Crippen LogP) is 3.38. The molecule has 0 saturated heterocycles. The summed E-state index contributed by atoms with van der Waals surface area (Å²) in [6, 6.07) is 8.36. The number of para-hydroxylation sites is 1. The highest BCUT2D eigenvalue weighted by atomic mass is 35.5. The van der Waals surface area contributed by atoms with Gasteiger partial charge in [0.25, 0.3) is 0 Å². The van der Waals surface area contributed by atoms with Crippen molar-refractivity contribution in [1.82, 2.24) is 9.78 Å². The smallest absolute Gasteiger partial charge is 0.0706 e. The molecule has 1 aromatic heterocycles. The van der Waals surface area contributed by atoms with Crippen molar-refractivity contribution in [2.75, 3.05) is 5.88 Å². The number of rotatable bonds is 4. The summed E-state index contributed by atoms with van der Waals surface area (Å²) in [4.78, 5) is 0. The summed E-state index contributed by atoms with van der Waals surface area (Å²) in [6.45, 7) is 2.18. The van der Waals surface area contributed by atoms with E-state index in [1.165, 1.54) is 16.6 Å². The quantitative estimate of drug-likeness (QED) is 0.745. The van der Waals surface area contributed by atoms with Crippen molar-refractivity contribution in [1.29, 1.82) is 0 Å². The monoisotopic (exact) mass is 236 g/mol. The van der Waals surface area contributed by atoms with E-state index in [2.05, 4.69) is 30.2 Å². The summed E-state index contributed by atoms with van der Waals surface area (Å²) in [5, 5.41) is 5.84. The number of aryl methyl sites for hydroxylation is 1. The third kappa shape index (κ3) is 2.07. The van der Waals surface area contributed by atoms with Crippen LogP contribution in [0.1, 0.15) is 19.0 Å². The van der Waals surface area contributed by atoms with Gasteiger partial charge in [0.15, 0.2) is 0 Å². The Hall–Kier alpha value is -1.02. The maximum atomic E-state index is 5.94. The van der Waals surface area contributed by atoms with E-state index in [-0.39, 0.29) is 0 Å². The van der Waals surface area contributed by atoms with E-state index in [0.717, 1.165) is 12.8 Å². The number of nitrogens with zero attached hydrogens (tertiary/aromatic N) is 2. The molecule has 16 heavy (non-hydrogen) atoms. The average Bonchev–Trinajstić information content (AvgIpc) is 2.64. The van der Waals surface area contributed by atoms with Crippen LogP contribution in [0.4, 0.5) is 0 Å². The first-order valence-corrected chi connectivity index (χ1v) is 6.26. The van der Waals surface area contributed by atoms with Gasteiger partial charge in [-0.2, -0.15) is 5.10 Å². The summed E-state index contributed by atoms with van der Waals surface area (Å²) >= 11 is 5.94. The summed E-state index contributed by atoms with van der Waals surface area (Å²) in [6.07, 6.45) is 2.08. The fourth-order valence-electron chi connectivity index (χ4n) is 2.02. The molecule has 1 atom stereocenters. The van der Waals surface area contributed by atoms with E-state index in [1.807, 2.05) is 17.8 Å². The second-order valence-corrected chi connectivity index (χ2v) is 4.53. The number of hydrogen-bond acceptors (Lipinski definition) is 1. The van der Waals surface area contributed by atoms with Crippen LogP contribution in [-0.4, -0.2) is 15.7 Å². The number of benzene rings is 1. The van der Waals surface area contributed by atoms with Gasteiger partial charge in [-0.15, -0.1) is 11.6 Å². The lowest BCUT2D eigenvalue weighted by Gasteiger charge is -2.08. The molecule has 0 aliphatic carbocycles. The molecule has 1 aromatic carbocycles. The van der Waals surface area contributed by atoms with Gasteiger partial charge in [-0.3, -0.25) is 4.68 Å². The van der Waals surface area contributed by atoms with E-state index >= 15 is 0 Å². The summed E-state index contributed by atoms with van der Waals surface area (Å²) in [5.41, 5.74) is 2.37. The van der Waals surface area contributed by atoms with E-state index in [9.17, 15) is 0 Å². The lowest BCUT2D eigenvalue weighted by atomic mass is 10.0. The highest BCUT2D eigenvalue weighted by molar-refractivity contribution is 6.18. The van der Waals surface area contributed by atoms with Crippen molar-refractivity contribution in [3.05, 3.63) is 30.0 Å². The number of halogens is 1. The van der Waals surface area contributed by atoms with E-state index in [1.54, 1.807) is 0 Å². The molecule has 0 N–H and O–H groups in total. The van der Waals surface area contributed by atoms with Crippen molar-refractivity contribution in [2.24, 2.45) is 13.0 Å². The summed E-state index contributed by atoms with van der Waals surface area (Å²) in [5.74, 6) is 1.24. The van der Waals surface area contributed by atoms with Gasteiger partial charge in [-0.05, 0) is 18.4 Å². The number of alkyl halides is 1. The Labute approximate surface area is 101 Å². The number of aromatic nitrogens is 2. The van der Waals surface area contributed by atoms with Crippen LogP contribution in [0.15, 0.2) is 24.3 Å². The Morgan fingerprint density at radius 1 is 1.38 bits per heavy atom. The molecule has 0 fully saturated rings. The van der Waals surface area contributed by atoms with Gasteiger partial charge in [0, 0.05) is 18.3 Å². The van der Waals surface area contributed by atoms with Gasteiger partial charge in [0.2, 0.25) is 0 Å². The van der Waals surface area contributed by atoms with Gasteiger partial charge < -0.3 is 0 Å². The van der Waals surface area contributed by atoms with Crippen LogP contribution in [0.25, 0.3) is 10.9 Å². The minimum Gasteiger partial charge on any atom is -0.268 e. The maximum Gasteiger partial charge on any atom is 0.0706 e. The van der Waals surface area contributed by atoms with Crippen molar-refractivity contribution in [3.63, 3.8) is 0 Å². The molecule has 1 heterocycles. The van der Waals surface area contributed by atoms with Crippen molar-refractivity contribution < 1.29 is 0 Å². The average molecular weight is 237 g/mol. The Morgan fingerprint density at radius 2 is 2.12 bits per heavy atom. The molecule has 0 aliphatic rings. The molecule has 0 saturated carbocycles. The Morgan fingerprint density at radius 3 is 2.81 bits per heavy atom. The van der Waals surface area contributed by atoms with Crippen LogP contribution in [-0.2, 0) is 13.5 Å². The van der Waals surface area contributed by atoms with Crippen molar-refractivity contribution >= 4 is 22.5 Å². The Balaban J connectivity index is 2.37. The Bertz CT molecular complexity index is 472. The molecule has 0 bridgehead atoms. The maximum absolute atomic E-state index is 5.94. The summed E-state index contributed by atoms with van der Waals surface area (Å²) in [7, 11) is 1.99. The molecule has 2 aromatic rings. The van der Waals surface area contributed by atoms with Gasteiger partial charge >= 0.3 is 0 Å². The van der Waals surface area contributed by atoms with Gasteiger partial charge in [0.05, 0.1) is 11.2 Å². The van der Waals surface area contributed by atoms with Gasteiger partial charge in [-0.25, -0.2) is 0 Å². The molecule has 1 unspecified atom stereocenters. The lowest BCUT2D eigenvalue weighted by Crippen LogP contribution is -2.06. The van der Waals surface area contributed by atoms with E-state index < -0.39 is 0 Å². The zero-order chi connectivity index (χ0) is 11.5. The van der Waals surface area contributed by atoms with Crippen molar-refractivity contribution in [2.45, 2.75) is 19.8 Å². The van der Waals surface area contributed by atoms with E-state index in [4.69, 9.17) is 11.6 Å². The van der Waals surface area contributed by atoms with Gasteiger partial charge in [-0.1, -0.05) is 31.5 Å². The molecule has 0 radical (unpaired) electrons. The minimum absolute atomic E-state index is 0.528. The first-order chi connectivity index (χ1) is 7.76. The zero-order valence-electron chi connectivity index (χ0n) is 9.78. The van der Waals surface area contributed by atoms with Crippen molar-refractivity contribution in [3.8, 4) is 0 Å². The molecule has 2 nitrogen and oxygen atoms in total. The zero-order valence-corrected chi connectivity index (χ0v) is 10.5. The Kier molecular flexibility index (Phi) is 3.49. The van der Waals surface area contributed by atoms with Gasteiger partial charge in [0.1, 0.15) is 0 Å². The lowest BCUT2D eigenvalue weighted by molar-refractivity contribution is 0.555. The molecule has 2 rings (SSSR count). The molecule has 0 amide bonds. The SMILES string of the molecule is CCC(CCl)Cc1nn(C)c2ccccc12. The van der Waals surface area contributed by atoms with Crippen LogP contribution in [0.2, 0.25) is 0 Å². The standard InChI is InChI=1S/C13H17ClN2/c1-3-10(9-14)8-12-11-6-4-5-7-13(11)16(2)15-12/h4-7,10H,3,8-9H2,1-2H3. The fraction of sp³-hybridized carbons (Fsp3) is 0.462. The van der Waals surface area contributed by atoms with Crippen LogP contribution in [0, 0.1) is 5.92 Å². The third-order valence-electron chi connectivity index (χ3n) is 3.11. The highest BCUT2D eigenvalue weighted by Crippen LogP contribution is 2.21. The molecule has 3 heteroatoms. The minimum atomic E-state index is 0.528. The third-order valence-corrected chi connectivity index (χ3v) is 3.55. The van der Waals surface area contributed by atoms with Crippen LogP contribution in [0.3, 0.4) is 0 Å².